The second kappa shape index (κ2) is 10.8. The third kappa shape index (κ3) is 5.30. The molecule has 2 saturated carbocycles. The number of hydrogen-bond donors (Lipinski definition) is 0. The lowest BCUT2D eigenvalue weighted by Crippen LogP contribution is -2.25. The number of hydrogen-bond acceptors (Lipinski definition) is 9. The van der Waals surface area contributed by atoms with Crippen LogP contribution in [0.4, 0.5) is 13.2 Å². The molecule has 8 rings (SSSR count). The van der Waals surface area contributed by atoms with Gasteiger partial charge in [-0.1, -0.05) is 24.3 Å². The second-order valence-corrected chi connectivity index (χ2v) is 11.9. The molecule has 0 spiro atoms. The first-order valence-electron chi connectivity index (χ1n) is 15.1. The molecular formula is C32H27F3N10O2. The van der Waals surface area contributed by atoms with Gasteiger partial charge in [-0.25, -0.2) is 34.9 Å². The van der Waals surface area contributed by atoms with Gasteiger partial charge in [0.25, 0.3) is 5.56 Å². The second-order valence-electron chi connectivity index (χ2n) is 11.9. The Morgan fingerprint density at radius 2 is 1.74 bits per heavy atom. The van der Waals surface area contributed by atoms with E-state index in [4.69, 9.17) is 9.72 Å². The van der Waals surface area contributed by atoms with Gasteiger partial charge in [-0.2, -0.15) is 13.2 Å². The molecule has 0 radical (unpaired) electrons. The zero-order chi connectivity index (χ0) is 32.4. The molecular weight excluding hydrogens is 613 g/mol. The van der Waals surface area contributed by atoms with Gasteiger partial charge >= 0.3 is 6.18 Å². The molecule has 2 fully saturated rings. The molecule has 15 heteroatoms. The van der Waals surface area contributed by atoms with Crippen molar-refractivity contribution in [2.24, 2.45) is 7.05 Å². The zero-order valence-corrected chi connectivity index (χ0v) is 25.3. The summed E-state index contributed by atoms with van der Waals surface area (Å²) in [5, 5.41) is 0. The van der Waals surface area contributed by atoms with E-state index in [2.05, 4.69) is 29.9 Å². The van der Waals surface area contributed by atoms with E-state index in [1.54, 1.807) is 59.2 Å². The first-order chi connectivity index (χ1) is 22.7. The lowest BCUT2D eigenvalue weighted by Gasteiger charge is -2.14. The molecule has 0 N–H and O–H groups in total. The standard InChI is InChI=1S/C32H27F3N10O2/c1-43-13-22(39-16-43)26-31(46)45(12-17-3-5-19(6-4-17)28-41-23(32(33,34)35)14-44(28)20-9-10-20)29-21(40-26)11-36-27(42-29)24-25(18-7-8-18)37-15-38-30(24)47-2/h3-6,11,13-16,18,20H,7-10,12H2,1-2H3. The number of halogens is 3. The summed E-state index contributed by atoms with van der Waals surface area (Å²) in [7, 11) is 3.32. The van der Waals surface area contributed by atoms with Gasteiger partial charge in [0.15, 0.2) is 22.9 Å². The molecule has 5 aromatic heterocycles. The fourth-order valence-corrected chi connectivity index (χ4v) is 5.74. The maximum atomic E-state index is 14.1. The Labute approximate surface area is 265 Å². The number of imidazole rings is 2. The normalized spacial score (nSPS) is 15.0. The van der Waals surface area contributed by atoms with Crippen molar-refractivity contribution >= 4 is 11.2 Å². The molecule has 5 heterocycles. The van der Waals surface area contributed by atoms with Gasteiger partial charge in [-0.05, 0) is 31.2 Å². The van der Waals surface area contributed by atoms with E-state index in [-0.39, 0.29) is 35.7 Å². The average molecular weight is 641 g/mol. The van der Waals surface area contributed by atoms with E-state index in [9.17, 15) is 18.0 Å². The lowest BCUT2D eigenvalue weighted by molar-refractivity contribution is -0.140. The SMILES string of the molecule is COc1ncnc(C2CC2)c1-c1ncc2nc(-c3cn(C)cn3)c(=O)n(Cc3ccc(-c4nc(C(F)(F)F)cn4C4CC4)cc3)c2n1. The number of alkyl halides is 3. The van der Waals surface area contributed by atoms with Crippen LogP contribution < -0.4 is 10.3 Å². The molecule has 0 amide bonds. The number of ether oxygens (including phenoxy) is 1. The predicted molar refractivity (Wildman–Crippen MR) is 163 cm³/mol. The molecule has 2 aliphatic carbocycles. The number of benzene rings is 1. The average Bonchev–Trinajstić information content (AvgIpc) is 4.00. The van der Waals surface area contributed by atoms with Crippen LogP contribution in [0.1, 0.15) is 54.6 Å². The molecule has 12 nitrogen and oxygen atoms in total. The van der Waals surface area contributed by atoms with Crippen LogP contribution in [0.15, 0.2) is 60.3 Å². The summed E-state index contributed by atoms with van der Waals surface area (Å²) in [5.41, 5.74) is 2.49. The molecule has 1 aromatic carbocycles. The van der Waals surface area contributed by atoms with Crippen molar-refractivity contribution in [3.8, 4) is 40.0 Å². The van der Waals surface area contributed by atoms with E-state index in [1.807, 2.05) is 0 Å². The van der Waals surface area contributed by atoms with Gasteiger partial charge in [0.05, 0.1) is 31.9 Å². The van der Waals surface area contributed by atoms with Crippen LogP contribution >= 0.6 is 0 Å². The largest absolute Gasteiger partial charge is 0.480 e. The van der Waals surface area contributed by atoms with E-state index < -0.39 is 17.4 Å². The quantitative estimate of drug-likeness (QED) is 0.220. The van der Waals surface area contributed by atoms with Crippen LogP contribution in [0, 0.1) is 0 Å². The van der Waals surface area contributed by atoms with Crippen molar-refractivity contribution in [1.29, 1.82) is 0 Å². The van der Waals surface area contributed by atoms with Gasteiger partial charge in [-0.15, -0.1) is 0 Å². The molecule has 0 bridgehead atoms. The number of aromatic nitrogens is 10. The van der Waals surface area contributed by atoms with Crippen molar-refractivity contribution < 1.29 is 17.9 Å². The number of aryl methyl sites for hydroxylation is 1. The number of methoxy groups -OCH3 is 1. The summed E-state index contributed by atoms with van der Waals surface area (Å²) in [6, 6.07) is 6.99. The van der Waals surface area contributed by atoms with E-state index in [0.717, 1.165) is 43.1 Å². The van der Waals surface area contributed by atoms with Gasteiger partial charge in [-0.3, -0.25) is 9.36 Å². The van der Waals surface area contributed by atoms with Crippen molar-refractivity contribution in [1.82, 2.24) is 48.6 Å². The molecule has 47 heavy (non-hydrogen) atoms. The monoisotopic (exact) mass is 640 g/mol. The first-order valence-corrected chi connectivity index (χ1v) is 15.1. The van der Waals surface area contributed by atoms with Gasteiger partial charge in [0, 0.05) is 37.0 Å². The first kappa shape index (κ1) is 29.0. The zero-order valence-electron chi connectivity index (χ0n) is 25.3. The van der Waals surface area contributed by atoms with Crippen LogP contribution in [-0.2, 0) is 19.8 Å². The molecule has 0 aliphatic heterocycles. The van der Waals surface area contributed by atoms with E-state index >= 15 is 0 Å². The maximum Gasteiger partial charge on any atom is 0.434 e. The highest BCUT2D eigenvalue weighted by Crippen LogP contribution is 2.45. The molecule has 2 aliphatic rings. The van der Waals surface area contributed by atoms with Crippen LogP contribution in [0.2, 0.25) is 0 Å². The summed E-state index contributed by atoms with van der Waals surface area (Å²) in [4.78, 5) is 45.2. The molecule has 0 saturated heterocycles. The Morgan fingerprint density at radius 1 is 0.957 bits per heavy atom. The van der Waals surface area contributed by atoms with E-state index in [1.165, 1.54) is 18.0 Å². The van der Waals surface area contributed by atoms with Crippen molar-refractivity contribution in [2.75, 3.05) is 7.11 Å². The molecule has 6 aromatic rings. The predicted octanol–water partition coefficient (Wildman–Crippen LogP) is 5.20. The maximum absolute atomic E-state index is 14.1. The van der Waals surface area contributed by atoms with Crippen molar-refractivity contribution in [3.05, 3.63) is 82.8 Å². The highest BCUT2D eigenvalue weighted by atomic mass is 19.4. The minimum atomic E-state index is -4.54. The van der Waals surface area contributed by atoms with E-state index in [0.29, 0.717) is 34.0 Å². The third-order valence-electron chi connectivity index (χ3n) is 8.37. The Bertz CT molecular complexity index is 2210. The molecule has 238 valence electrons. The van der Waals surface area contributed by atoms with Crippen molar-refractivity contribution in [3.63, 3.8) is 0 Å². The van der Waals surface area contributed by atoms with Crippen LogP contribution in [0.3, 0.4) is 0 Å². The topological polar surface area (TPSA) is 131 Å². The van der Waals surface area contributed by atoms with Gasteiger partial charge < -0.3 is 13.9 Å². The Balaban J connectivity index is 1.24. The Hall–Kier alpha value is -5.47. The summed E-state index contributed by atoms with van der Waals surface area (Å²) in [6.07, 6.45) is 6.42. The highest BCUT2D eigenvalue weighted by molar-refractivity contribution is 5.77. The minimum Gasteiger partial charge on any atom is -0.480 e. The summed E-state index contributed by atoms with van der Waals surface area (Å²) in [5.74, 6) is 1.15. The smallest absolute Gasteiger partial charge is 0.434 e. The van der Waals surface area contributed by atoms with Crippen LogP contribution in [-0.4, -0.2) is 55.7 Å². The van der Waals surface area contributed by atoms with Crippen LogP contribution in [0.25, 0.3) is 45.3 Å². The third-order valence-corrected chi connectivity index (χ3v) is 8.37. The summed E-state index contributed by atoms with van der Waals surface area (Å²) in [6.45, 7) is 0.0944. The fourth-order valence-electron chi connectivity index (χ4n) is 5.74. The number of fused-ring (bicyclic) bond motifs is 1. The highest BCUT2D eigenvalue weighted by Gasteiger charge is 2.37. The molecule has 0 atom stereocenters. The number of nitrogens with zero attached hydrogens (tertiary/aromatic N) is 10. The Morgan fingerprint density at radius 3 is 2.40 bits per heavy atom. The summed E-state index contributed by atoms with van der Waals surface area (Å²) < 4.78 is 50.9. The Kier molecular flexibility index (Phi) is 6.66. The minimum absolute atomic E-state index is 0.00278. The van der Waals surface area contributed by atoms with Crippen molar-refractivity contribution in [2.45, 2.75) is 50.4 Å². The fraction of sp³-hybridized carbons (Fsp3) is 0.312. The lowest BCUT2D eigenvalue weighted by atomic mass is 10.1. The van der Waals surface area contributed by atoms with Crippen LogP contribution in [0.5, 0.6) is 5.88 Å². The molecule has 0 unspecified atom stereocenters. The van der Waals surface area contributed by atoms with Gasteiger partial charge in [0.1, 0.15) is 28.9 Å². The number of rotatable bonds is 8. The van der Waals surface area contributed by atoms with Gasteiger partial charge in [0.2, 0.25) is 5.88 Å². The summed E-state index contributed by atoms with van der Waals surface area (Å²) >= 11 is 0.